The Morgan fingerprint density at radius 3 is 2.27 bits per heavy atom. The van der Waals surface area contributed by atoms with Crippen molar-refractivity contribution < 1.29 is 8.42 Å². The van der Waals surface area contributed by atoms with Crippen LogP contribution in [-0.2, 0) is 10.0 Å². The van der Waals surface area contributed by atoms with E-state index in [1.165, 1.54) is 16.4 Å². The molecule has 1 saturated heterocycles. The normalized spacial score (nSPS) is 22.8. The van der Waals surface area contributed by atoms with E-state index in [0.717, 1.165) is 5.56 Å². The number of halogens is 1. The predicted molar refractivity (Wildman–Crippen MR) is 87.4 cm³/mol. The number of hydrogen-bond donors (Lipinski definition) is 1. The van der Waals surface area contributed by atoms with Gasteiger partial charge in [0, 0.05) is 30.1 Å². The van der Waals surface area contributed by atoms with Crippen LogP contribution in [0.2, 0.25) is 5.02 Å². The van der Waals surface area contributed by atoms with Crippen molar-refractivity contribution in [1.29, 1.82) is 0 Å². The smallest absolute Gasteiger partial charge is 0.243 e. The molecule has 3 rings (SSSR count). The molecule has 6 heteroatoms. The van der Waals surface area contributed by atoms with E-state index in [0.29, 0.717) is 18.1 Å². The standard InChI is InChI=1S/C16H17ClN2O2S/c17-13-6-8-14(9-7-13)22(20,21)19-10-15(16(18)11-19)12-4-2-1-3-5-12/h1-9,15-16H,10-11,18H2/t15-,16+/m0/s1. The molecule has 1 aliphatic heterocycles. The third kappa shape index (κ3) is 2.90. The van der Waals surface area contributed by atoms with Crippen LogP contribution in [-0.4, -0.2) is 31.9 Å². The van der Waals surface area contributed by atoms with Gasteiger partial charge < -0.3 is 5.73 Å². The van der Waals surface area contributed by atoms with E-state index in [4.69, 9.17) is 17.3 Å². The number of sulfonamides is 1. The van der Waals surface area contributed by atoms with Crippen molar-refractivity contribution in [3.8, 4) is 0 Å². The van der Waals surface area contributed by atoms with Gasteiger partial charge in [0.15, 0.2) is 0 Å². The number of benzene rings is 2. The molecule has 2 N–H and O–H groups in total. The molecule has 22 heavy (non-hydrogen) atoms. The summed E-state index contributed by atoms with van der Waals surface area (Å²) in [6.45, 7) is 0.723. The zero-order valence-corrected chi connectivity index (χ0v) is 13.5. The lowest BCUT2D eigenvalue weighted by Gasteiger charge is -2.16. The van der Waals surface area contributed by atoms with E-state index in [-0.39, 0.29) is 16.9 Å². The highest BCUT2D eigenvalue weighted by Crippen LogP contribution is 2.30. The number of rotatable bonds is 3. The summed E-state index contributed by atoms with van der Waals surface area (Å²) < 4.78 is 26.8. The summed E-state index contributed by atoms with van der Waals surface area (Å²) >= 11 is 5.82. The highest BCUT2D eigenvalue weighted by Gasteiger charge is 2.38. The average molecular weight is 337 g/mol. The monoisotopic (exact) mass is 336 g/mol. The Balaban J connectivity index is 1.86. The Morgan fingerprint density at radius 2 is 1.64 bits per heavy atom. The molecule has 0 saturated carbocycles. The summed E-state index contributed by atoms with van der Waals surface area (Å²) in [5.41, 5.74) is 7.25. The van der Waals surface area contributed by atoms with Crippen LogP contribution in [0.4, 0.5) is 0 Å². The maximum atomic E-state index is 12.7. The molecule has 0 unspecified atom stereocenters. The van der Waals surface area contributed by atoms with Crippen molar-refractivity contribution in [2.75, 3.05) is 13.1 Å². The van der Waals surface area contributed by atoms with Crippen LogP contribution in [0.1, 0.15) is 11.5 Å². The van der Waals surface area contributed by atoms with Gasteiger partial charge in [0.05, 0.1) is 4.90 Å². The second-order valence-electron chi connectivity index (χ2n) is 5.46. The molecule has 2 atom stereocenters. The summed E-state index contributed by atoms with van der Waals surface area (Å²) in [4.78, 5) is 0.248. The lowest BCUT2D eigenvalue weighted by atomic mass is 9.95. The molecule has 0 aromatic heterocycles. The van der Waals surface area contributed by atoms with Gasteiger partial charge in [-0.15, -0.1) is 0 Å². The molecule has 1 aliphatic rings. The molecule has 4 nitrogen and oxygen atoms in total. The summed E-state index contributed by atoms with van der Waals surface area (Å²) in [7, 11) is -3.53. The fourth-order valence-corrected chi connectivity index (χ4v) is 4.43. The second kappa shape index (κ2) is 6.01. The quantitative estimate of drug-likeness (QED) is 0.936. The van der Waals surface area contributed by atoms with Crippen molar-refractivity contribution in [1.82, 2.24) is 4.31 Å². The maximum absolute atomic E-state index is 12.7. The van der Waals surface area contributed by atoms with Gasteiger partial charge in [-0.2, -0.15) is 4.31 Å². The lowest BCUT2D eigenvalue weighted by Crippen LogP contribution is -2.32. The molecule has 0 spiro atoms. The van der Waals surface area contributed by atoms with Crippen molar-refractivity contribution in [2.24, 2.45) is 5.73 Å². The second-order valence-corrected chi connectivity index (χ2v) is 7.83. The minimum atomic E-state index is -3.53. The lowest BCUT2D eigenvalue weighted by molar-refractivity contribution is 0.470. The predicted octanol–water partition coefficient (Wildman–Crippen LogP) is 2.46. The minimum absolute atomic E-state index is 0.0169. The van der Waals surface area contributed by atoms with Crippen LogP contribution in [0.3, 0.4) is 0 Å². The van der Waals surface area contributed by atoms with Crippen molar-refractivity contribution in [3.63, 3.8) is 0 Å². The largest absolute Gasteiger partial charge is 0.326 e. The SMILES string of the molecule is N[C@@H]1CN(S(=O)(=O)c2ccc(Cl)cc2)C[C@H]1c1ccccc1. The van der Waals surface area contributed by atoms with Crippen molar-refractivity contribution in [2.45, 2.75) is 16.9 Å². The van der Waals surface area contributed by atoms with Crippen LogP contribution in [0.15, 0.2) is 59.5 Å². The van der Waals surface area contributed by atoms with Gasteiger partial charge in [0.2, 0.25) is 10.0 Å². The van der Waals surface area contributed by atoms with Gasteiger partial charge in [-0.1, -0.05) is 41.9 Å². The van der Waals surface area contributed by atoms with E-state index >= 15 is 0 Å². The van der Waals surface area contributed by atoms with Crippen LogP contribution >= 0.6 is 11.6 Å². The molecule has 2 aromatic carbocycles. The third-order valence-corrected chi connectivity index (χ3v) is 6.11. The Labute approximate surface area is 135 Å². The van der Waals surface area contributed by atoms with Gasteiger partial charge in [-0.05, 0) is 29.8 Å². The molecule has 0 bridgehead atoms. The summed E-state index contributed by atoms with van der Waals surface area (Å²) in [6, 6.07) is 15.8. The Bertz CT molecular complexity index is 747. The molecule has 1 fully saturated rings. The van der Waals surface area contributed by atoms with Gasteiger partial charge in [-0.3, -0.25) is 0 Å². The fraction of sp³-hybridized carbons (Fsp3) is 0.250. The first-order chi connectivity index (χ1) is 10.5. The molecule has 2 aromatic rings. The Hall–Kier alpha value is -1.40. The molecular weight excluding hydrogens is 320 g/mol. The van der Waals surface area contributed by atoms with Crippen molar-refractivity contribution >= 4 is 21.6 Å². The van der Waals surface area contributed by atoms with Gasteiger partial charge in [-0.25, -0.2) is 8.42 Å². The maximum Gasteiger partial charge on any atom is 0.243 e. The minimum Gasteiger partial charge on any atom is -0.326 e. The number of hydrogen-bond acceptors (Lipinski definition) is 3. The topological polar surface area (TPSA) is 63.4 Å². The zero-order valence-electron chi connectivity index (χ0n) is 11.9. The van der Waals surface area contributed by atoms with Gasteiger partial charge >= 0.3 is 0 Å². The number of nitrogens with two attached hydrogens (primary N) is 1. The molecule has 1 heterocycles. The van der Waals surface area contributed by atoms with E-state index in [2.05, 4.69) is 0 Å². The first-order valence-corrected chi connectivity index (χ1v) is 8.86. The Kier molecular flexibility index (Phi) is 4.23. The Morgan fingerprint density at radius 1 is 1.00 bits per heavy atom. The third-order valence-electron chi connectivity index (χ3n) is 4.01. The van der Waals surface area contributed by atoms with Crippen molar-refractivity contribution in [3.05, 3.63) is 65.2 Å². The van der Waals surface area contributed by atoms with E-state index < -0.39 is 10.0 Å². The first-order valence-electron chi connectivity index (χ1n) is 7.05. The zero-order chi connectivity index (χ0) is 15.7. The van der Waals surface area contributed by atoms with E-state index in [1.807, 2.05) is 30.3 Å². The molecule has 116 valence electrons. The highest BCUT2D eigenvalue weighted by atomic mass is 35.5. The molecule has 0 amide bonds. The van der Waals surface area contributed by atoms with Gasteiger partial charge in [0.1, 0.15) is 0 Å². The molecule has 0 radical (unpaired) electrons. The summed E-state index contributed by atoms with van der Waals surface area (Å²) in [5.74, 6) is 0.0169. The van der Waals surface area contributed by atoms with Crippen LogP contribution in [0.5, 0.6) is 0 Å². The van der Waals surface area contributed by atoms with Crippen LogP contribution < -0.4 is 5.73 Å². The first kappa shape index (κ1) is 15.5. The molecule has 0 aliphatic carbocycles. The fourth-order valence-electron chi connectivity index (χ4n) is 2.80. The average Bonchev–Trinajstić information content (AvgIpc) is 2.91. The van der Waals surface area contributed by atoms with E-state index in [9.17, 15) is 8.42 Å². The summed E-state index contributed by atoms with van der Waals surface area (Å²) in [5, 5.41) is 0.513. The van der Waals surface area contributed by atoms with E-state index in [1.54, 1.807) is 12.1 Å². The van der Waals surface area contributed by atoms with Gasteiger partial charge in [0.25, 0.3) is 0 Å². The van der Waals surface area contributed by atoms with Crippen LogP contribution in [0.25, 0.3) is 0 Å². The molecular formula is C16H17ClN2O2S. The highest BCUT2D eigenvalue weighted by molar-refractivity contribution is 7.89. The number of nitrogens with zero attached hydrogens (tertiary/aromatic N) is 1. The summed E-state index contributed by atoms with van der Waals surface area (Å²) in [6.07, 6.45) is 0. The van der Waals surface area contributed by atoms with Crippen LogP contribution in [0, 0.1) is 0 Å².